The highest BCUT2D eigenvalue weighted by atomic mass is 19.2. The van der Waals surface area contributed by atoms with Crippen LogP contribution in [0.3, 0.4) is 0 Å². The van der Waals surface area contributed by atoms with Crippen LogP contribution < -0.4 is 10.2 Å². The molecule has 2 amide bonds. The molecule has 1 N–H and O–H groups in total. The number of amides is 2. The van der Waals surface area contributed by atoms with Crippen LogP contribution in [0, 0.1) is 17.5 Å². The number of carbonyl (C=O) groups excluding carboxylic acids is 1. The molecule has 0 bridgehead atoms. The molecule has 0 radical (unpaired) electrons. The number of hydrogen-bond donors (Lipinski definition) is 1. The van der Waals surface area contributed by atoms with Gasteiger partial charge in [0.15, 0.2) is 17.5 Å². The van der Waals surface area contributed by atoms with Crippen LogP contribution in [0.5, 0.6) is 0 Å². The SMILES string of the molecule is O=C(NCc1ccncc1)N1CCN(c2ccc(F)c(F)c2F)CC1. The summed E-state index contributed by atoms with van der Waals surface area (Å²) < 4.78 is 40.2. The Morgan fingerprint density at radius 2 is 1.68 bits per heavy atom. The van der Waals surface area contributed by atoms with Crippen molar-refractivity contribution in [2.24, 2.45) is 0 Å². The highest BCUT2D eigenvalue weighted by Gasteiger charge is 2.24. The third-order valence-corrected chi connectivity index (χ3v) is 4.12. The smallest absolute Gasteiger partial charge is 0.317 e. The van der Waals surface area contributed by atoms with Crippen LogP contribution in [-0.4, -0.2) is 42.1 Å². The van der Waals surface area contributed by atoms with Gasteiger partial charge in [-0.25, -0.2) is 18.0 Å². The maximum Gasteiger partial charge on any atom is 0.317 e. The Bertz CT molecular complexity index is 749. The van der Waals surface area contributed by atoms with Crippen molar-refractivity contribution in [3.8, 4) is 0 Å². The topological polar surface area (TPSA) is 48.5 Å². The first-order chi connectivity index (χ1) is 12.1. The largest absolute Gasteiger partial charge is 0.366 e. The predicted octanol–water partition coefficient (Wildman–Crippen LogP) is 2.53. The van der Waals surface area contributed by atoms with Crippen molar-refractivity contribution >= 4 is 11.7 Å². The van der Waals surface area contributed by atoms with Gasteiger partial charge < -0.3 is 15.1 Å². The molecule has 2 heterocycles. The lowest BCUT2D eigenvalue weighted by molar-refractivity contribution is 0.194. The normalized spacial score (nSPS) is 14.5. The molecule has 5 nitrogen and oxygen atoms in total. The van der Waals surface area contributed by atoms with Crippen LogP contribution in [0.25, 0.3) is 0 Å². The molecule has 1 aromatic carbocycles. The van der Waals surface area contributed by atoms with Gasteiger partial charge in [-0.05, 0) is 29.8 Å². The molecule has 0 spiro atoms. The molecule has 1 fully saturated rings. The fourth-order valence-corrected chi connectivity index (χ4v) is 2.70. The van der Waals surface area contributed by atoms with Crippen molar-refractivity contribution in [2.75, 3.05) is 31.1 Å². The van der Waals surface area contributed by atoms with E-state index in [0.717, 1.165) is 11.6 Å². The van der Waals surface area contributed by atoms with Crippen molar-refractivity contribution in [1.29, 1.82) is 0 Å². The van der Waals surface area contributed by atoms with Crippen LogP contribution in [0.4, 0.5) is 23.7 Å². The number of pyridine rings is 1. The average Bonchev–Trinajstić information content (AvgIpc) is 2.65. The highest BCUT2D eigenvalue weighted by Crippen LogP contribution is 2.24. The maximum atomic E-state index is 13.9. The Balaban J connectivity index is 1.55. The van der Waals surface area contributed by atoms with Crippen molar-refractivity contribution in [2.45, 2.75) is 6.54 Å². The molecular formula is C17H17F3N4O. The summed E-state index contributed by atoms with van der Waals surface area (Å²) in [4.78, 5) is 19.3. The monoisotopic (exact) mass is 350 g/mol. The maximum absolute atomic E-state index is 13.9. The van der Waals surface area contributed by atoms with Crippen molar-refractivity contribution in [3.05, 3.63) is 59.7 Å². The summed E-state index contributed by atoms with van der Waals surface area (Å²) in [6, 6.07) is 5.52. The number of piperazine rings is 1. The first-order valence-electron chi connectivity index (χ1n) is 7.86. The second kappa shape index (κ2) is 7.42. The Kier molecular flexibility index (Phi) is 5.06. The number of benzene rings is 1. The number of nitrogens with zero attached hydrogens (tertiary/aromatic N) is 3. The standard InChI is InChI=1S/C17H17F3N4O/c18-13-1-2-14(16(20)15(13)19)23-7-9-24(10-8-23)17(25)22-11-12-3-5-21-6-4-12/h1-6H,7-11H2,(H,22,25). The molecule has 3 rings (SSSR count). The van der Waals surface area contributed by atoms with Crippen molar-refractivity contribution < 1.29 is 18.0 Å². The van der Waals surface area contributed by atoms with Gasteiger partial charge in [0.2, 0.25) is 0 Å². The number of nitrogens with one attached hydrogen (secondary N) is 1. The number of rotatable bonds is 3. The Morgan fingerprint density at radius 1 is 1.00 bits per heavy atom. The number of halogens is 3. The van der Waals surface area contributed by atoms with Gasteiger partial charge in [-0.1, -0.05) is 0 Å². The van der Waals surface area contributed by atoms with Gasteiger partial charge in [0.25, 0.3) is 0 Å². The Hall–Kier alpha value is -2.77. The number of urea groups is 1. The fraction of sp³-hybridized carbons (Fsp3) is 0.294. The van der Waals surface area contributed by atoms with Gasteiger partial charge in [-0.3, -0.25) is 4.98 Å². The van der Waals surface area contributed by atoms with Crippen LogP contribution in [0.2, 0.25) is 0 Å². The molecule has 1 aromatic heterocycles. The summed E-state index contributed by atoms with van der Waals surface area (Å²) in [6.45, 7) is 1.79. The third kappa shape index (κ3) is 3.84. The lowest BCUT2D eigenvalue weighted by atomic mass is 10.2. The van der Waals surface area contributed by atoms with Crippen molar-refractivity contribution in [1.82, 2.24) is 15.2 Å². The molecule has 0 saturated carbocycles. The minimum Gasteiger partial charge on any atom is -0.366 e. The third-order valence-electron chi connectivity index (χ3n) is 4.12. The molecule has 0 atom stereocenters. The van der Waals surface area contributed by atoms with E-state index in [-0.39, 0.29) is 11.7 Å². The molecule has 1 aliphatic rings. The zero-order chi connectivity index (χ0) is 17.8. The first-order valence-corrected chi connectivity index (χ1v) is 7.86. The molecule has 2 aromatic rings. The van der Waals surface area contributed by atoms with E-state index in [1.165, 1.54) is 6.07 Å². The van der Waals surface area contributed by atoms with E-state index in [4.69, 9.17) is 0 Å². The van der Waals surface area contributed by atoms with Gasteiger partial charge in [-0.15, -0.1) is 0 Å². The average molecular weight is 350 g/mol. The Labute approximate surface area is 143 Å². The number of anilines is 1. The minimum atomic E-state index is -1.48. The first kappa shape index (κ1) is 17.1. The van der Waals surface area contributed by atoms with E-state index in [9.17, 15) is 18.0 Å². The quantitative estimate of drug-likeness (QED) is 0.866. The predicted molar refractivity (Wildman–Crippen MR) is 86.6 cm³/mol. The van der Waals surface area contributed by atoms with Gasteiger partial charge >= 0.3 is 6.03 Å². The summed E-state index contributed by atoms with van der Waals surface area (Å²) >= 11 is 0. The number of carbonyl (C=O) groups is 1. The molecule has 25 heavy (non-hydrogen) atoms. The number of aromatic nitrogens is 1. The number of hydrogen-bond acceptors (Lipinski definition) is 3. The van der Waals surface area contributed by atoms with Gasteiger partial charge in [0.05, 0.1) is 5.69 Å². The van der Waals surface area contributed by atoms with Gasteiger partial charge in [0.1, 0.15) is 0 Å². The summed E-state index contributed by atoms with van der Waals surface area (Å²) in [5.74, 6) is -3.89. The van der Waals surface area contributed by atoms with Gasteiger partial charge in [0, 0.05) is 45.1 Å². The molecule has 0 aliphatic carbocycles. The molecule has 0 unspecified atom stereocenters. The Morgan fingerprint density at radius 3 is 2.36 bits per heavy atom. The molecule has 1 saturated heterocycles. The molecule has 8 heteroatoms. The molecule has 132 valence electrons. The van der Waals surface area contributed by atoms with E-state index in [0.29, 0.717) is 32.7 Å². The van der Waals surface area contributed by atoms with Crippen LogP contribution in [-0.2, 0) is 6.54 Å². The van der Waals surface area contributed by atoms with E-state index in [1.54, 1.807) is 22.2 Å². The lowest BCUT2D eigenvalue weighted by Gasteiger charge is -2.36. The zero-order valence-electron chi connectivity index (χ0n) is 13.4. The van der Waals surface area contributed by atoms with Crippen LogP contribution in [0.15, 0.2) is 36.7 Å². The highest BCUT2D eigenvalue weighted by molar-refractivity contribution is 5.74. The lowest BCUT2D eigenvalue weighted by Crippen LogP contribution is -2.52. The van der Waals surface area contributed by atoms with E-state index < -0.39 is 17.5 Å². The summed E-state index contributed by atoms with van der Waals surface area (Å²) in [5.41, 5.74) is 0.946. The summed E-state index contributed by atoms with van der Waals surface area (Å²) in [6.07, 6.45) is 3.30. The van der Waals surface area contributed by atoms with Crippen LogP contribution >= 0.6 is 0 Å². The fourth-order valence-electron chi connectivity index (χ4n) is 2.70. The summed E-state index contributed by atoms with van der Waals surface area (Å²) in [7, 11) is 0. The van der Waals surface area contributed by atoms with E-state index >= 15 is 0 Å². The second-order valence-electron chi connectivity index (χ2n) is 5.68. The zero-order valence-corrected chi connectivity index (χ0v) is 13.4. The summed E-state index contributed by atoms with van der Waals surface area (Å²) in [5, 5.41) is 2.81. The molecular weight excluding hydrogens is 333 g/mol. The van der Waals surface area contributed by atoms with Crippen LogP contribution in [0.1, 0.15) is 5.56 Å². The van der Waals surface area contributed by atoms with Gasteiger partial charge in [-0.2, -0.15) is 0 Å². The minimum absolute atomic E-state index is 0.00995. The van der Waals surface area contributed by atoms with E-state index in [1.807, 2.05) is 12.1 Å². The second-order valence-corrected chi connectivity index (χ2v) is 5.68. The molecule has 1 aliphatic heterocycles. The van der Waals surface area contributed by atoms with E-state index in [2.05, 4.69) is 10.3 Å². The van der Waals surface area contributed by atoms with Crippen molar-refractivity contribution in [3.63, 3.8) is 0 Å².